The van der Waals surface area contributed by atoms with E-state index in [4.69, 9.17) is 14.2 Å². The van der Waals surface area contributed by atoms with Crippen LogP contribution in [0.15, 0.2) is 12.1 Å². The lowest BCUT2D eigenvalue weighted by Crippen LogP contribution is -2.53. The van der Waals surface area contributed by atoms with Gasteiger partial charge in [-0.15, -0.1) is 0 Å². The van der Waals surface area contributed by atoms with Gasteiger partial charge in [0.25, 0.3) is 0 Å². The third kappa shape index (κ3) is 5.15. The summed E-state index contributed by atoms with van der Waals surface area (Å²) in [4.78, 5) is 2.38. The molecule has 0 aromatic heterocycles. The minimum atomic E-state index is -2.56. The van der Waals surface area contributed by atoms with E-state index in [-0.39, 0.29) is 43.1 Å². The second-order valence-electron chi connectivity index (χ2n) is 10.3. The van der Waals surface area contributed by atoms with Gasteiger partial charge in [0.1, 0.15) is 0 Å². The molecule has 1 unspecified atom stereocenters. The summed E-state index contributed by atoms with van der Waals surface area (Å²) in [5.74, 6) is -1.45. The minimum Gasteiger partial charge on any atom is -0.493 e. The lowest BCUT2D eigenvalue weighted by Gasteiger charge is -2.46. The maximum Gasteiger partial charge on any atom is 0.248 e. The molecule has 0 bridgehead atoms. The highest BCUT2D eigenvalue weighted by Crippen LogP contribution is 2.44. The molecule has 1 aromatic carbocycles. The molecule has 0 spiro atoms. The van der Waals surface area contributed by atoms with Crippen LogP contribution in [0.5, 0.6) is 11.5 Å². The van der Waals surface area contributed by atoms with Crippen molar-refractivity contribution < 1.29 is 28.1 Å². The van der Waals surface area contributed by atoms with Crippen LogP contribution in [-0.4, -0.2) is 60.5 Å². The van der Waals surface area contributed by atoms with Crippen molar-refractivity contribution in [1.29, 1.82) is 0 Å². The molecule has 5 nitrogen and oxygen atoms in total. The number of fused-ring (bicyclic) bond motifs is 3. The Morgan fingerprint density at radius 3 is 2.65 bits per heavy atom. The van der Waals surface area contributed by atoms with Crippen molar-refractivity contribution in [3.8, 4) is 11.5 Å². The van der Waals surface area contributed by atoms with E-state index in [2.05, 4.69) is 4.90 Å². The Bertz CT molecular complexity index is 795. The molecule has 3 aliphatic rings. The largest absolute Gasteiger partial charge is 0.493 e. The Labute approximate surface area is 183 Å². The Morgan fingerprint density at radius 1 is 1.23 bits per heavy atom. The van der Waals surface area contributed by atoms with E-state index in [0.29, 0.717) is 30.9 Å². The highest BCUT2D eigenvalue weighted by Gasteiger charge is 2.41. The number of benzene rings is 1. The molecule has 7 heteroatoms. The SMILES string of the molecule is COc1cc2c(cc1OCC1CCC(F)(F)C1)CCN1C[C@@H](OC(C)(C)C)[C@H](O)C[C@H]21. The quantitative estimate of drug-likeness (QED) is 0.739. The first-order chi connectivity index (χ1) is 14.5. The predicted octanol–water partition coefficient (Wildman–Crippen LogP) is 4.36. The van der Waals surface area contributed by atoms with Crippen LogP contribution in [-0.2, 0) is 11.2 Å². The summed E-state index contributed by atoms with van der Waals surface area (Å²) in [5.41, 5.74) is 2.03. The molecular weight excluding hydrogens is 404 g/mol. The van der Waals surface area contributed by atoms with Crippen molar-refractivity contribution in [1.82, 2.24) is 4.90 Å². The van der Waals surface area contributed by atoms with E-state index in [9.17, 15) is 13.9 Å². The third-order valence-corrected chi connectivity index (χ3v) is 6.69. The Hall–Kier alpha value is -1.44. The number of halogens is 2. The molecular formula is C24H35F2NO4. The first-order valence-corrected chi connectivity index (χ1v) is 11.4. The van der Waals surface area contributed by atoms with Crippen LogP contribution in [0.25, 0.3) is 0 Å². The van der Waals surface area contributed by atoms with E-state index in [1.165, 1.54) is 5.56 Å². The topological polar surface area (TPSA) is 51.2 Å². The Balaban J connectivity index is 1.48. The molecule has 1 aliphatic carbocycles. The second kappa shape index (κ2) is 8.49. The first-order valence-electron chi connectivity index (χ1n) is 11.4. The maximum absolute atomic E-state index is 13.5. The molecule has 2 heterocycles. The Kier molecular flexibility index (Phi) is 6.23. The van der Waals surface area contributed by atoms with Gasteiger partial charge >= 0.3 is 0 Å². The van der Waals surface area contributed by atoms with E-state index in [0.717, 1.165) is 18.5 Å². The molecule has 4 atom stereocenters. The summed E-state index contributed by atoms with van der Waals surface area (Å²) in [7, 11) is 1.60. The molecule has 0 radical (unpaired) electrons. The van der Waals surface area contributed by atoms with Gasteiger partial charge in [0.05, 0.1) is 31.5 Å². The average molecular weight is 440 g/mol. The summed E-state index contributed by atoms with van der Waals surface area (Å²) in [6.45, 7) is 7.89. The van der Waals surface area contributed by atoms with Gasteiger partial charge in [-0.05, 0) is 69.2 Å². The van der Waals surface area contributed by atoms with Gasteiger partial charge in [-0.1, -0.05) is 0 Å². The van der Waals surface area contributed by atoms with Crippen molar-refractivity contribution >= 4 is 0 Å². The standard InChI is InChI=1S/C24H35F2NO4/c1-23(2,3)31-22-13-27-8-6-16-9-21(30-14-15-5-7-24(25,26)12-15)20(29-4)10-17(16)18(27)11-19(22)28/h9-10,15,18-19,22,28H,5-8,11-14H2,1-4H3/t15?,18-,19-,22-/m1/s1. The fraction of sp³-hybridized carbons (Fsp3) is 0.750. The molecule has 4 rings (SSSR count). The van der Waals surface area contributed by atoms with E-state index in [1.807, 2.05) is 32.9 Å². The summed E-state index contributed by atoms with van der Waals surface area (Å²) >= 11 is 0. The number of nitrogens with zero attached hydrogens (tertiary/aromatic N) is 1. The molecule has 1 saturated heterocycles. The zero-order chi connectivity index (χ0) is 22.4. The number of aliphatic hydroxyl groups is 1. The predicted molar refractivity (Wildman–Crippen MR) is 114 cm³/mol. The van der Waals surface area contributed by atoms with E-state index < -0.39 is 12.0 Å². The van der Waals surface area contributed by atoms with Gasteiger partial charge in [0, 0.05) is 32.0 Å². The number of aliphatic hydroxyl groups excluding tert-OH is 1. The number of ether oxygens (including phenoxy) is 3. The number of rotatable bonds is 5. The summed E-state index contributed by atoms with van der Waals surface area (Å²) in [6, 6.07) is 4.11. The van der Waals surface area contributed by atoms with E-state index in [1.54, 1.807) is 7.11 Å². The second-order valence-corrected chi connectivity index (χ2v) is 10.3. The van der Waals surface area contributed by atoms with Crippen LogP contribution < -0.4 is 9.47 Å². The van der Waals surface area contributed by atoms with Crippen molar-refractivity contribution in [2.75, 3.05) is 26.8 Å². The molecule has 0 amide bonds. The monoisotopic (exact) mass is 439 g/mol. The zero-order valence-corrected chi connectivity index (χ0v) is 19.0. The molecule has 1 saturated carbocycles. The van der Waals surface area contributed by atoms with Crippen LogP contribution in [0, 0.1) is 5.92 Å². The normalized spacial score (nSPS) is 30.5. The van der Waals surface area contributed by atoms with Gasteiger partial charge in [-0.25, -0.2) is 8.78 Å². The van der Waals surface area contributed by atoms with Crippen LogP contribution in [0.3, 0.4) is 0 Å². The van der Waals surface area contributed by atoms with Gasteiger partial charge in [-0.2, -0.15) is 0 Å². The van der Waals surface area contributed by atoms with Crippen LogP contribution in [0.4, 0.5) is 8.78 Å². The molecule has 174 valence electrons. The molecule has 1 N–H and O–H groups in total. The van der Waals surface area contributed by atoms with Gasteiger partial charge in [0.15, 0.2) is 11.5 Å². The van der Waals surface area contributed by atoms with Crippen molar-refractivity contribution in [3.63, 3.8) is 0 Å². The number of hydrogen-bond acceptors (Lipinski definition) is 5. The lowest BCUT2D eigenvalue weighted by atomic mass is 9.84. The van der Waals surface area contributed by atoms with E-state index >= 15 is 0 Å². The number of methoxy groups -OCH3 is 1. The van der Waals surface area contributed by atoms with Crippen molar-refractivity contribution in [3.05, 3.63) is 23.3 Å². The first kappa shape index (κ1) is 22.7. The number of hydrogen-bond donors (Lipinski definition) is 1. The third-order valence-electron chi connectivity index (χ3n) is 6.69. The highest BCUT2D eigenvalue weighted by atomic mass is 19.3. The van der Waals surface area contributed by atoms with Crippen molar-refractivity contribution in [2.24, 2.45) is 5.92 Å². The highest BCUT2D eigenvalue weighted by molar-refractivity contribution is 5.49. The number of piperidine rings is 1. The van der Waals surface area contributed by atoms with Crippen LogP contribution >= 0.6 is 0 Å². The maximum atomic E-state index is 13.5. The van der Waals surface area contributed by atoms with Gasteiger partial charge < -0.3 is 19.3 Å². The Morgan fingerprint density at radius 2 is 2.00 bits per heavy atom. The van der Waals surface area contributed by atoms with Crippen LogP contribution in [0.1, 0.15) is 63.6 Å². The fourth-order valence-corrected chi connectivity index (χ4v) is 5.22. The molecule has 31 heavy (non-hydrogen) atoms. The molecule has 2 aliphatic heterocycles. The van der Waals surface area contributed by atoms with Gasteiger partial charge in [0.2, 0.25) is 5.92 Å². The molecule has 1 aromatic rings. The smallest absolute Gasteiger partial charge is 0.248 e. The lowest BCUT2D eigenvalue weighted by molar-refractivity contribution is -0.149. The fourth-order valence-electron chi connectivity index (χ4n) is 5.22. The van der Waals surface area contributed by atoms with Crippen LogP contribution in [0.2, 0.25) is 0 Å². The zero-order valence-electron chi connectivity index (χ0n) is 19.0. The summed E-state index contributed by atoms with van der Waals surface area (Å²) < 4.78 is 44.6. The van der Waals surface area contributed by atoms with Crippen molar-refractivity contribution in [2.45, 2.75) is 82.6 Å². The summed E-state index contributed by atoms with van der Waals surface area (Å²) in [5, 5.41) is 10.8. The summed E-state index contributed by atoms with van der Waals surface area (Å²) in [6.07, 6.45) is 1.08. The number of alkyl halides is 2. The molecule has 2 fully saturated rings. The minimum absolute atomic E-state index is 0.0535. The van der Waals surface area contributed by atoms with Gasteiger partial charge in [-0.3, -0.25) is 4.90 Å². The average Bonchev–Trinajstić information content (AvgIpc) is 3.04.